The molecule has 0 atom stereocenters. The highest BCUT2D eigenvalue weighted by Crippen LogP contribution is 2.20. The Morgan fingerprint density at radius 3 is 2.26 bits per heavy atom. The van der Waals surface area contributed by atoms with Gasteiger partial charge in [-0.3, -0.25) is 0 Å². The quantitative estimate of drug-likeness (QED) is 0.329. The molecule has 146 valence electrons. The summed E-state index contributed by atoms with van der Waals surface area (Å²) in [5.74, 6) is 0.173. The lowest BCUT2D eigenvalue weighted by molar-refractivity contribution is -0.141. The van der Waals surface area contributed by atoms with Crippen LogP contribution in [0.25, 0.3) is 6.08 Å². The number of carbonyl (C=O) groups is 1. The Labute approximate surface area is 172 Å². The van der Waals surface area contributed by atoms with Crippen LogP contribution in [0.2, 0.25) is 5.02 Å². The highest BCUT2D eigenvalue weighted by Gasteiger charge is 2.15. The third kappa shape index (κ3) is 8.04. The molecule has 0 aliphatic rings. The minimum atomic E-state index is -0.490. The summed E-state index contributed by atoms with van der Waals surface area (Å²) in [6.45, 7) is 7.00. The highest BCUT2D eigenvalue weighted by atomic mass is 35.5. The maximum Gasteiger partial charge on any atom is 0.374 e. The van der Waals surface area contributed by atoms with Gasteiger partial charge in [-0.2, -0.15) is 0 Å². The van der Waals surface area contributed by atoms with E-state index >= 15 is 0 Å². The van der Waals surface area contributed by atoms with E-state index in [1.807, 2.05) is 30.3 Å². The maximum atomic E-state index is 12.5. The second-order valence-electron chi connectivity index (χ2n) is 5.64. The van der Waals surface area contributed by atoms with Crippen LogP contribution in [-0.4, -0.2) is 37.1 Å². The van der Waals surface area contributed by atoms with Gasteiger partial charge in [-0.05, 0) is 49.0 Å². The average Bonchev–Trinajstić information content (AvgIpc) is 2.67. The monoisotopic (exact) mass is 409 g/mol. The first kappa shape index (κ1) is 23.0. The van der Waals surface area contributed by atoms with Crippen molar-refractivity contribution in [1.82, 2.24) is 4.90 Å². The van der Waals surface area contributed by atoms with E-state index in [-0.39, 0.29) is 18.2 Å². The van der Waals surface area contributed by atoms with Gasteiger partial charge in [0.1, 0.15) is 12.4 Å². The largest absolute Gasteiger partial charge is 0.458 e. The molecule has 0 unspecified atom stereocenters. The molecule has 0 spiro atoms. The zero-order valence-electron chi connectivity index (χ0n) is 15.6. The van der Waals surface area contributed by atoms with Crippen molar-refractivity contribution in [2.75, 3.05) is 26.2 Å². The molecule has 0 saturated carbocycles. The van der Waals surface area contributed by atoms with Gasteiger partial charge in [0.2, 0.25) is 5.76 Å². The van der Waals surface area contributed by atoms with Crippen LogP contribution in [0.4, 0.5) is 0 Å². The third-order valence-electron chi connectivity index (χ3n) is 3.88. The number of ether oxygens (including phenoxy) is 2. The van der Waals surface area contributed by atoms with Crippen molar-refractivity contribution in [3.8, 4) is 5.75 Å². The predicted octanol–water partition coefficient (Wildman–Crippen LogP) is 5.07. The van der Waals surface area contributed by atoms with Gasteiger partial charge in [0.05, 0.1) is 0 Å². The summed E-state index contributed by atoms with van der Waals surface area (Å²) in [5.41, 5.74) is 0.858. The Balaban J connectivity index is 0.00000364. The predicted molar refractivity (Wildman–Crippen MR) is 112 cm³/mol. The number of rotatable bonds is 9. The molecule has 0 N–H and O–H groups in total. The van der Waals surface area contributed by atoms with Crippen LogP contribution in [0.3, 0.4) is 0 Å². The summed E-state index contributed by atoms with van der Waals surface area (Å²) in [4.78, 5) is 14.7. The van der Waals surface area contributed by atoms with E-state index in [2.05, 4.69) is 18.7 Å². The second-order valence-corrected chi connectivity index (χ2v) is 6.07. The van der Waals surface area contributed by atoms with Crippen molar-refractivity contribution >= 4 is 36.1 Å². The van der Waals surface area contributed by atoms with Crippen molar-refractivity contribution in [2.45, 2.75) is 13.8 Å². The molecule has 0 fully saturated rings. The lowest BCUT2D eigenvalue weighted by Crippen LogP contribution is -2.28. The third-order valence-corrected chi connectivity index (χ3v) is 4.13. The number of esters is 1. The molecule has 0 aliphatic heterocycles. The van der Waals surface area contributed by atoms with Crippen molar-refractivity contribution in [3.63, 3.8) is 0 Å². The van der Waals surface area contributed by atoms with E-state index in [1.54, 1.807) is 30.3 Å². The van der Waals surface area contributed by atoms with Crippen LogP contribution in [-0.2, 0) is 9.53 Å². The van der Waals surface area contributed by atoms with Crippen LogP contribution in [0.1, 0.15) is 19.4 Å². The zero-order chi connectivity index (χ0) is 18.8. The number of benzene rings is 2. The fourth-order valence-electron chi connectivity index (χ4n) is 2.34. The second kappa shape index (κ2) is 12.4. The van der Waals surface area contributed by atoms with Gasteiger partial charge in [-0.1, -0.05) is 55.8 Å². The maximum absolute atomic E-state index is 12.5. The van der Waals surface area contributed by atoms with Crippen LogP contribution < -0.4 is 4.74 Å². The van der Waals surface area contributed by atoms with Gasteiger partial charge in [0.15, 0.2) is 0 Å². The molecule has 4 nitrogen and oxygen atoms in total. The number of carbonyl (C=O) groups excluding carboxylic acids is 1. The van der Waals surface area contributed by atoms with Crippen molar-refractivity contribution < 1.29 is 14.3 Å². The summed E-state index contributed by atoms with van der Waals surface area (Å²) < 4.78 is 11.2. The molecule has 0 heterocycles. The Morgan fingerprint density at radius 1 is 1.04 bits per heavy atom. The van der Waals surface area contributed by atoms with Crippen molar-refractivity contribution in [3.05, 3.63) is 70.9 Å². The Hall–Kier alpha value is -2.01. The number of likely N-dealkylation sites (N-methyl/N-ethyl adjacent to an activating group) is 1. The minimum Gasteiger partial charge on any atom is -0.458 e. The molecule has 2 aromatic rings. The molecular formula is C21H25Cl2NO3. The summed E-state index contributed by atoms with van der Waals surface area (Å²) in [6, 6.07) is 16.4. The first-order valence-electron chi connectivity index (χ1n) is 8.72. The molecule has 2 rings (SSSR count). The molecule has 0 aliphatic carbocycles. The Kier molecular flexibility index (Phi) is 10.6. The van der Waals surface area contributed by atoms with Crippen molar-refractivity contribution in [1.29, 1.82) is 0 Å². The molecular weight excluding hydrogens is 385 g/mol. The van der Waals surface area contributed by atoms with E-state index in [0.29, 0.717) is 23.9 Å². The first-order chi connectivity index (χ1) is 12.6. The van der Waals surface area contributed by atoms with Crippen LogP contribution in [0.15, 0.2) is 60.4 Å². The lowest BCUT2D eigenvalue weighted by Gasteiger charge is -2.18. The van der Waals surface area contributed by atoms with E-state index in [9.17, 15) is 4.79 Å². The topological polar surface area (TPSA) is 38.8 Å². The van der Waals surface area contributed by atoms with Crippen LogP contribution >= 0.6 is 24.0 Å². The number of halogens is 2. The van der Waals surface area contributed by atoms with Crippen LogP contribution in [0.5, 0.6) is 5.75 Å². The average molecular weight is 410 g/mol. The van der Waals surface area contributed by atoms with Gasteiger partial charge >= 0.3 is 5.97 Å². The van der Waals surface area contributed by atoms with E-state index < -0.39 is 5.97 Å². The number of hydrogen-bond acceptors (Lipinski definition) is 4. The molecule has 0 amide bonds. The SMILES string of the molecule is CCN(CC)CCOC(=O)/C(=C/c1ccccc1)Oc1ccc(Cl)cc1.Cl. The van der Waals surface area contributed by atoms with E-state index in [1.165, 1.54) is 0 Å². The molecule has 6 heteroatoms. The normalized spacial score (nSPS) is 11.0. The zero-order valence-corrected chi connectivity index (χ0v) is 17.1. The Bertz CT molecular complexity index is 714. The first-order valence-corrected chi connectivity index (χ1v) is 9.09. The molecule has 0 radical (unpaired) electrons. The number of hydrogen-bond donors (Lipinski definition) is 0. The van der Waals surface area contributed by atoms with Gasteiger partial charge in [-0.15, -0.1) is 12.4 Å². The summed E-state index contributed by atoms with van der Waals surface area (Å²) in [7, 11) is 0. The minimum absolute atomic E-state index is 0. The standard InChI is InChI=1S/C21H24ClNO3.ClH/c1-3-23(4-2)14-15-25-21(24)20(16-17-8-6-5-7-9-17)26-19-12-10-18(22)11-13-19;/h5-13,16H,3-4,14-15H2,1-2H3;1H/b20-16-;. The summed E-state index contributed by atoms with van der Waals surface area (Å²) in [6.07, 6.45) is 1.67. The molecule has 0 saturated heterocycles. The summed E-state index contributed by atoms with van der Waals surface area (Å²) in [5, 5.41) is 0.604. The van der Waals surface area contributed by atoms with Gasteiger partial charge in [0.25, 0.3) is 0 Å². The molecule has 0 aromatic heterocycles. The van der Waals surface area contributed by atoms with Gasteiger partial charge < -0.3 is 14.4 Å². The van der Waals surface area contributed by atoms with Crippen LogP contribution in [0, 0.1) is 0 Å². The summed E-state index contributed by atoms with van der Waals surface area (Å²) >= 11 is 5.90. The fraction of sp³-hybridized carbons (Fsp3) is 0.286. The highest BCUT2D eigenvalue weighted by molar-refractivity contribution is 6.30. The number of nitrogens with zero attached hydrogens (tertiary/aromatic N) is 1. The molecule has 27 heavy (non-hydrogen) atoms. The van der Waals surface area contributed by atoms with Gasteiger partial charge in [0, 0.05) is 11.6 Å². The van der Waals surface area contributed by atoms with E-state index in [4.69, 9.17) is 21.1 Å². The molecule has 0 bridgehead atoms. The van der Waals surface area contributed by atoms with E-state index in [0.717, 1.165) is 18.7 Å². The van der Waals surface area contributed by atoms with Crippen molar-refractivity contribution in [2.24, 2.45) is 0 Å². The Morgan fingerprint density at radius 2 is 1.67 bits per heavy atom. The smallest absolute Gasteiger partial charge is 0.374 e. The fourth-order valence-corrected chi connectivity index (χ4v) is 2.46. The van der Waals surface area contributed by atoms with Gasteiger partial charge in [-0.25, -0.2) is 4.79 Å². The molecule has 2 aromatic carbocycles. The lowest BCUT2D eigenvalue weighted by atomic mass is 10.2.